The van der Waals surface area contributed by atoms with E-state index >= 15 is 0 Å². The van der Waals surface area contributed by atoms with Crippen molar-refractivity contribution < 1.29 is 29.9 Å². The van der Waals surface area contributed by atoms with Crippen LogP contribution in [0, 0.1) is 5.92 Å². The third kappa shape index (κ3) is 4.66. The molecule has 0 aliphatic carbocycles. The molecular weight excluding hydrogens is 252 g/mol. The summed E-state index contributed by atoms with van der Waals surface area (Å²) in [4.78, 5) is 0. The van der Waals surface area contributed by atoms with Crippen molar-refractivity contribution in [2.45, 2.75) is 63.8 Å². The van der Waals surface area contributed by atoms with Gasteiger partial charge in [-0.15, -0.1) is 0 Å². The van der Waals surface area contributed by atoms with Crippen molar-refractivity contribution in [1.29, 1.82) is 0 Å². The fourth-order valence-corrected chi connectivity index (χ4v) is 2.23. The van der Waals surface area contributed by atoms with Crippen molar-refractivity contribution in [1.82, 2.24) is 0 Å². The van der Waals surface area contributed by atoms with Crippen LogP contribution in [0.1, 0.15) is 33.1 Å². The minimum Gasteiger partial charge on any atom is -0.394 e. The Morgan fingerprint density at radius 3 is 2.37 bits per heavy atom. The summed E-state index contributed by atoms with van der Waals surface area (Å²) in [6, 6.07) is 0. The van der Waals surface area contributed by atoms with E-state index in [1.165, 1.54) is 0 Å². The normalized spacial score (nSPS) is 37.3. The number of aliphatic hydroxyl groups excluding tert-OH is 4. The van der Waals surface area contributed by atoms with Crippen LogP contribution < -0.4 is 0 Å². The van der Waals surface area contributed by atoms with Crippen molar-refractivity contribution in [2.24, 2.45) is 5.92 Å². The highest BCUT2D eigenvalue weighted by molar-refractivity contribution is 4.88. The van der Waals surface area contributed by atoms with E-state index in [0.717, 1.165) is 19.3 Å². The third-order valence-electron chi connectivity index (χ3n) is 3.52. The third-order valence-corrected chi connectivity index (χ3v) is 3.52. The Morgan fingerprint density at radius 2 is 1.79 bits per heavy atom. The molecule has 0 aromatic carbocycles. The number of hydrogen-bond donors (Lipinski definition) is 4. The highest BCUT2D eigenvalue weighted by Gasteiger charge is 2.43. The molecule has 1 aliphatic heterocycles. The standard InChI is InChI=1S/C13H26O6/c1-3-4-8(2)5-6-18-13-12(17)11(16)10(15)9(7-14)19-13/h8-17H,3-7H2,1-2H3. The van der Waals surface area contributed by atoms with Gasteiger partial charge in [-0.25, -0.2) is 0 Å². The zero-order valence-electron chi connectivity index (χ0n) is 11.6. The van der Waals surface area contributed by atoms with Gasteiger partial charge in [0.25, 0.3) is 0 Å². The summed E-state index contributed by atoms with van der Waals surface area (Å²) >= 11 is 0. The summed E-state index contributed by atoms with van der Waals surface area (Å²) < 4.78 is 10.6. The first kappa shape index (κ1) is 16.8. The van der Waals surface area contributed by atoms with Gasteiger partial charge in [0.05, 0.1) is 13.2 Å². The van der Waals surface area contributed by atoms with Crippen molar-refractivity contribution in [2.75, 3.05) is 13.2 Å². The van der Waals surface area contributed by atoms with E-state index in [2.05, 4.69) is 13.8 Å². The van der Waals surface area contributed by atoms with Crippen LogP contribution in [0.15, 0.2) is 0 Å². The Bertz CT molecular complexity index is 247. The van der Waals surface area contributed by atoms with Gasteiger partial charge in [0.1, 0.15) is 24.4 Å². The molecule has 0 aromatic heterocycles. The topological polar surface area (TPSA) is 99.4 Å². The molecule has 0 radical (unpaired) electrons. The van der Waals surface area contributed by atoms with Crippen LogP contribution in [-0.4, -0.2) is 64.3 Å². The summed E-state index contributed by atoms with van der Waals surface area (Å²) in [7, 11) is 0. The molecule has 114 valence electrons. The molecule has 1 saturated heterocycles. The smallest absolute Gasteiger partial charge is 0.186 e. The van der Waals surface area contributed by atoms with Crippen LogP contribution in [0.2, 0.25) is 0 Å². The first-order valence-electron chi connectivity index (χ1n) is 6.93. The Kier molecular flexibility index (Phi) is 7.20. The van der Waals surface area contributed by atoms with Gasteiger partial charge in [-0.3, -0.25) is 0 Å². The molecule has 1 aliphatic rings. The Morgan fingerprint density at radius 1 is 1.11 bits per heavy atom. The van der Waals surface area contributed by atoms with Crippen molar-refractivity contribution in [3.8, 4) is 0 Å². The highest BCUT2D eigenvalue weighted by atomic mass is 16.7. The quantitative estimate of drug-likeness (QED) is 0.507. The Balaban J connectivity index is 2.39. The van der Waals surface area contributed by atoms with Crippen molar-refractivity contribution in [3.63, 3.8) is 0 Å². The molecule has 6 unspecified atom stereocenters. The fourth-order valence-electron chi connectivity index (χ4n) is 2.23. The summed E-state index contributed by atoms with van der Waals surface area (Å²) in [6.07, 6.45) is -2.87. The summed E-state index contributed by atoms with van der Waals surface area (Å²) in [5, 5.41) is 38.0. The molecule has 0 spiro atoms. The predicted octanol–water partition coefficient (Wildman–Crippen LogP) is -0.371. The molecule has 0 amide bonds. The summed E-state index contributed by atoms with van der Waals surface area (Å²) in [5.74, 6) is 0.523. The lowest BCUT2D eigenvalue weighted by molar-refractivity contribution is -0.301. The second-order valence-corrected chi connectivity index (χ2v) is 5.25. The van der Waals surface area contributed by atoms with E-state index in [1.807, 2.05) is 0 Å². The molecular formula is C13H26O6. The van der Waals surface area contributed by atoms with Gasteiger partial charge in [0.2, 0.25) is 0 Å². The molecule has 1 fully saturated rings. The first-order chi connectivity index (χ1) is 9.01. The van der Waals surface area contributed by atoms with Crippen LogP contribution in [0.5, 0.6) is 0 Å². The van der Waals surface area contributed by atoms with Gasteiger partial charge >= 0.3 is 0 Å². The van der Waals surface area contributed by atoms with Crippen LogP contribution in [-0.2, 0) is 9.47 Å². The lowest BCUT2D eigenvalue weighted by Gasteiger charge is -2.39. The van der Waals surface area contributed by atoms with Crippen LogP contribution in [0.4, 0.5) is 0 Å². The maximum atomic E-state index is 9.75. The molecule has 19 heavy (non-hydrogen) atoms. The Hall–Kier alpha value is -0.240. The molecule has 6 nitrogen and oxygen atoms in total. The number of ether oxygens (including phenoxy) is 2. The fraction of sp³-hybridized carbons (Fsp3) is 1.00. The van der Waals surface area contributed by atoms with E-state index in [4.69, 9.17) is 14.6 Å². The van der Waals surface area contributed by atoms with E-state index in [0.29, 0.717) is 12.5 Å². The molecule has 0 saturated carbocycles. The van der Waals surface area contributed by atoms with Crippen molar-refractivity contribution in [3.05, 3.63) is 0 Å². The largest absolute Gasteiger partial charge is 0.394 e. The predicted molar refractivity (Wildman–Crippen MR) is 68.4 cm³/mol. The van der Waals surface area contributed by atoms with Crippen LogP contribution >= 0.6 is 0 Å². The molecule has 4 N–H and O–H groups in total. The summed E-state index contributed by atoms with van der Waals surface area (Å²) in [6.45, 7) is 4.22. The monoisotopic (exact) mass is 278 g/mol. The minimum absolute atomic E-state index is 0.407. The van der Waals surface area contributed by atoms with Gasteiger partial charge in [0, 0.05) is 0 Å². The van der Waals surface area contributed by atoms with Crippen LogP contribution in [0.25, 0.3) is 0 Å². The molecule has 0 aromatic rings. The number of hydrogen-bond acceptors (Lipinski definition) is 6. The van der Waals surface area contributed by atoms with E-state index in [9.17, 15) is 15.3 Å². The van der Waals surface area contributed by atoms with Gasteiger partial charge in [-0.05, 0) is 12.3 Å². The second-order valence-electron chi connectivity index (χ2n) is 5.25. The van der Waals surface area contributed by atoms with Crippen molar-refractivity contribution >= 4 is 0 Å². The molecule has 6 heteroatoms. The number of rotatable bonds is 7. The van der Waals surface area contributed by atoms with Gasteiger partial charge in [-0.1, -0.05) is 26.7 Å². The Labute approximate surface area is 114 Å². The maximum Gasteiger partial charge on any atom is 0.186 e. The maximum absolute atomic E-state index is 9.75. The SMILES string of the molecule is CCCC(C)CCOC1OC(CO)C(O)C(O)C1O. The average molecular weight is 278 g/mol. The zero-order chi connectivity index (χ0) is 14.4. The van der Waals surface area contributed by atoms with Gasteiger partial charge in [0.15, 0.2) is 6.29 Å². The molecule has 1 heterocycles. The molecule has 1 rings (SSSR count). The first-order valence-corrected chi connectivity index (χ1v) is 6.93. The summed E-state index contributed by atoms with van der Waals surface area (Å²) in [5.41, 5.74) is 0. The van der Waals surface area contributed by atoms with E-state index in [-0.39, 0.29) is 0 Å². The lowest BCUT2D eigenvalue weighted by Crippen LogP contribution is -2.59. The molecule has 0 bridgehead atoms. The average Bonchev–Trinajstić information content (AvgIpc) is 2.39. The van der Waals surface area contributed by atoms with E-state index in [1.54, 1.807) is 0 Å². The van der Waals surface area contributed by atoms with Gasteiger partial charge in [-0.2, -0.15) is 0 Å². The molecule has 6 atom stereocenters. The number of aliphatic hydroxyl groups is 4. The zero-order valence-corrected chi connectivity index (χ0v) is 11.6. The van der Waals surface area contributed by atoms with Gasteiger partial charge < -0.3 is 29.9 Å². The lowest BCUT2D eigenvalue weighted by atomic mass is 9.99. The van der Waals surface area contributed by atoms with Crippen LogP contribution in [0.3, 0.4) is 0 Å². The minimum atomic E-state index is -1.37. The highest BCUT2D eigenvalue weighted by Crippen LogP contribution is 2.22. The second kappa shape index (κ2) is 8.14. The van der Waals surface area contributed by atoms with E-state index < -0.39 is 37.3 Å².